The zero-order valence-corrected chi connectivity index (χ0v) is 20.3. The van der Waals surface area contributed by atoms with Crippen LogP contribution in [0, 0.1) is 11.7 Å². The number of methoxy groups -OCH3 is 1. The first-order valence-corrected chi connectivity index (χ1v) is 11.3. The molecule has 0 aliphatic carbocycles. The minimum Gasteiger partial charge on any atom is -0.491 e. The van der Waals surface area contributed by atoms with Crippen LogP contribution in [0.3, 0.4) is 0 Å². The highest BCUT2D eigenvalue weighted by molar-refractivity contribution is 6.01. The number of benzene rings is 2. The van der Waals surface area contributed by atoms with E-state index in [-0.39, 0.29) is 24.0 Å². The van der Waals surface area contributed by atoms with Gasteiger partial charge in [-0.2, -0.15) is 0 Å². The number of anilines is 2. The smallest absolute Gasteiger partial charge is 0.323 e. The number of halogens is 1. The van der Waals surface area contributed by atoms with E-state index in [1.54, 1.807) is 43.3 Å². The molecule has 1 heterocycles. The molecule has 2 aromatic carbocycles. The van der Waals surface area contributed by atoms with Gasteiger partial charge in [0, 0.05) is 50.7 Å². The number of hydrogen-bond donors (Lipinski definition) is 2. The topological polar surface area (TPSA) is 83.1 Å². The average Bonchev–Trinajstić information content (AvgIpc) is 2.79. The first-order valence-electron chi connectivity index (χ1n) is 11.3. The van der Waals surface area contributed by atoms with Crippen LogP contribution in [-0.2, 0) is 4.74 Å². The number of carbonyl (C=O) groups is 2. The molecule has 184 valence electrons. The van der Waals surface area contributed by atoms with Crippen molar-refractivity contribution >= 4 is 23.3 Å². The second-order valence-electron chi connectivity index (χ2n) is 8.84. The van der Waals surface area contributed by atoms with Gasteiger partial charge in [-0.05, 0) is 50.2 Å². The zero-order chi connectivity index (χ0) is 24.8. The molecule has 2 N–H and O–H groups in total. The Kier molecular flexibility index (Phi) is 8.46. The van der Waals surface area contributed by atoms with Gasteiger partial charge in [-0.1, -0.05) is 13.0 Å². The molecule has 0 unspecified atom stereocenters. The van der Waals surface area contributed by atoms with E-state index < -0.39 is 11.8 Å². The van der Waals surface area contributed by atoms with E-state index in [4.69, 9.17) is 9.47 Å². The molecule has 0 fully saturated rings. The van der Waals surface area contributed by atoms with Crippen LogP contribution in [0.4, 0.5) is 20.6 Å². The Hall–Kier alpha value is -3.17. The summed E-state index contributed by atoms with van der Waals surface area (Å²) in [7, 11) is 5.44. The second-order valence-corrected chi connectivity index (χ2v) is 8.84. The van der Waals surface area contributed by atoms with E-state index in [0.717, 1.165) is 6.54 Å². The Morgan fingerprint density at radius 1 is 1.09 bits per heavy atom. The number of nitrogens with one attached hydrogen (secondary N) is 2. The Bertz CT molecular complexity index is 1020. The molecule has 3 amide bonds. The van der Waals surface area contributed by atoms with Gasteiger partial charge in [0.2, 0.25) is 0 Å². The minimum atomic E-state index is -0.535. The molecule has 8 nitrogen and oxygen atoms in total. The summed E-state index contributed by atoms with van der Waals surface area (Å²) in [4.78, 5) is 29.4. The Morgan fingerprint density at radius 2 is 1.79 bits per heavy atom. The third-order valence-corrected chi connectivity index (χ3v) is 6.10. The lowest BCUT2D eigenvalue weighted by Gasteiger charge is -2.34. The third-order valence-electron chi connectivity index (χ3n) is 6.10. The van der Waals surface area contributed by atoms with E-state index in [2.05, 4.69) is 29.4 Å². The van der Waals surface area contributed by atoms with Gasteiger partial charge in [0.1, 0.15) is 18.2 Å². The van der Waals surface area contributed by atoms with E-state index in [1.807, 2.05) is 7.05 Å². The normalized spacial score (nSPS) is 22.1. The van der Waals surface area contributed by atoms with Gasteiger partial charge < -0.3 is 25.0 Å². The molecule has 0 bridgehead atoms. The number of rotatable bonds is 3. The fourth-order valence-corrected chi connectivity index (χ4v) is 3.89. The van der Waals surface area contributed by atoms with Crippen molar-refractivity contribution in [3.63, 3.8) is 0 Å². The van der Waals surface area contributed by atoms with Gasteiger partial charge in [-0.25, -0.2) is 9.18 Å². The molecule has 9 heteroatoms. The standard InChI is InChI=1S/C25H33FN4O4/c1-16-13-29(3)17(2)15-34-22-12-20(28-25(32)27-19-8-6-7-18(26)11-19)9-10-21(22)24(31)30(4)14-23(16)33-5/h6-12,16-17,23H,13-15H2,1-5H3,(H2,27,28,32)/t16-,17-,23-/m0/s1. The molecule has 2 aromatic rings. The summed E-state index contributed by atoms with van der Waals surface area (Å²) in [5, 5.41) is 5.29. The first kappa shape index (κ1) is 25.5. The molecule has 0 radical (unpaired) electrons. The number of fused-ring (bicyclic) bond motifs is 1. The zero-order valence-electron chi connectivity index (χ0n) is 20.3. The summed E-state index contributed by atoms with van der Waals surface area (Å²) in [6, 6.07) is 10.1. The van der Waals surface area contributed by atoms with Crippen LogP contribution in [0.1, 0.15) is 24.2 Å². The van der Waals surface area contributed by atoms with Crippen LogP contribution in [0.15, 0.2) is 42.5 Å². The van der Waals surface area contributed by atoms with Gasteiger partial charge in [0.15, 0.2) is 0 Å². The van der Waals surface area contributed by atoms with E-state index in [9.17, 15) is 14.0 Å². The van der Waals surface area contributed by atoms with Crippen LogP contribution in [-0.4, -0.2) is 74.8 Å². The molecule has 34 heavy (non-hydrogen) atoms. The number of ether oxygens (including phenoxy) is 2. The number of amides is 3. The molecule has 0 aromatic heterocycles. The average molecular weight is 473 g/mol. The molecular weight excluding hydrogens is 439 g/mol. The number of urea groups is 1. The third kappa shape index (κ3) is 6.45. The maximum Gasteiger partial charge on any atom is 0.323 e. The van der Waals surface area contributed by atoms with Gasteiger partial charge >= 0.3 is 6.03 Å². The Morgan fingerprint density at radius 3 is 2.47 bits per heavy atom. The quantitative estimate of drug-likeness (QED) is 0.708. The highest BCUT2D eigenvalue weighted by atomic mass is 19.1. The van der Waals surface area contributed by atoms with E-state index in [0.29, 0.717) is 35.8 Å². The number of nitrogens with zero attached hydrogens (tertiary/aromatic N) is 2. The first-order chi connectivity index (χ1) is 16.2. The largest absolute Gasteiger partial charge is 0.491 e. The van der Waals surface area contributed by atoms with Crippen LogP contribution in [0.25, 0.3) is 0 Å². The molecule has 0 spiro atoms. The van der Waals surface area contributed by atoms with E-state index in [1.165, 1.54) is 18.2 Å². The van der Waals surface area contributed by atoms with Crippen molar-refractivity contribution in [2.75, 3.05) is 51.5 Å². The molecule has 3 rings (SSSR count). The van der Waals surface area contributed by atoms with Gasteiger partial charge in [0.05, 0.1) is 11.7 Å². The summed E-state index contributed by atoms with van der Waals surface area (Å²) < 4.78 is 25.1. The number of likely N-dealkylation sites (N-methyl/N-ethyl adjacent to an activating group) is 2. The Balaban J connectivity index is 1.83. The van der Waals surface area contributed by atoms with Crippen molar-refractivity contribution in [3.05, 3.63) is 53.8 Å². The number of carbonyl (C=O) groups excluding carboxylic acids is 2. The lowest BCUT2D eigenvalue weighted by Crippen LogP contribution is -2.45. The monoisotopic (exact) mass is 472 g/mol. The predicted molar refractivity (Wildman–Crippen MR) is 130 cm³/mol. The summed E-state index contributed by atoms with van der Waals surface area (Å²) in [5.41, 5.74) is 1.17. The molecular formula is C25H33FN4O4. The van der Waals surface area contributed by atoms with Crippen molar-refractivity contribution in [1.82, 2.24) is 9.80 Å². The lowest BCUT2D eigenvalue weighted by molar-refractivity contribution is 0.0150. The van der Waals surface area contributed by atoms with Crippen LogP contribution >= 0.6 is 0 Å². The predicted octanol–water partition coefficient (Wildman–Crippen LogP) is 3.91. The van der Waals surface area contributed by atoms with Crippen LogP contribution in [0.5, 0.6) is 5.75 Å². The summed E-state index contributed by atoms with van der Waals surface area (Å²) in [6.07, 6.45) is -0.111. The van der Waals surface area contributed by atoms with Crippen molar-refractivity contribution in [1.29, 1.82) is 0 Å². The van der Waals surface area contributed by atoms with Crippen molar-refractivity contribution in [2.45, 2.75) is 26.0 Å². The van der Waals surface area contributed by atoms with Crippen LogP contribution < -0.4 is 15.4 Å². The van der Waals surface area contributed by atoms with Crippen LogP contribution in [0.2, 0.25) is 0 Å². The molecule has 1 aliphatic heterocycles. The Labute approximate surface area is 200 Å². The fraction of sp³-hybridized carbons (Fsp3) is 0.440. The summed E-state index contributed by atoms with van der Waals surface area (Å²) >= 11 is 0. The van der Waals surface area contributed by atoms with Gasteiger partial charge in [-0.3, -0.25) is 9.69 Å². The highest BCUT2D eigenvalue weighted by Gasteiger charge is 2.27. The van der Waals surface area contributed by atoms with Gasteiger partial charge in [0.25, 0.3) is 5.91 Å². The maximum absolute atomic E-state index is 13.4. The lowest BCUT2D eigenvalue weighted by atomic mass is 10.0. The fourth-order valence-electron chi connectivity index (χ4n) is 3.89. The number of hydrogen-bond acceptors (Lipinski definition) is 5. The molecule has 0 saturated heterocycles. The van der Waals surface area contributed by atoms with Gasteiger partial charge in [-0.15, -0.1) is 0 Å². The summed E-state index contributed by atoms with van der Waals surface area (Å²) in [5.74, 6) is -0.0440. The molecule has 3 atom stereocenters. The second kappa shape index (κ2) is 11.3. The maximum atomic E-state index is 13.4. The molecule has 1 aliphatic rings. The molecule has 0 saturated carbocycles. The minimum absolute atomic E-state index is 0.0907. The van der Waals surface area contributed by atoms with Crippen molar-refractivity contribution in [3.8, 4) is 5.75 Å². The highest BCUT2D eigenvalue weighted by Crippen LogP contribution is 2.27. The summed E-state index contributed by atoms with van der Waals surface area (Å²) in [6.45, 7) is 5.77. The van der Waals surface area contributed by atoms with Crippen molar-refractivity contribution < 1.29 is 23.5 Å². The van der Waals surface area contributed by atoms with Crippen molar-refractivity contribution in [2.24, 2.45) is 5.92 Å². The van der Waals surface area contributed by atoms with E-state index >= 15 is 0 Å². The SMILES string of the molecule is CO[C@H]1CN(C)C(=O)c2ccc(NC(=O)Nc3cccc(F)c3)cc2OC[C@H](C)N(C)C[C@@H]1C.